The van der Waals surface area contributed by atoms with Gasteiger partial charge in [-0.3, -0.25) is 9.59 Å². The highest BCUT2D eigenvalue weighted by atomic mass is 32.1. The number of hydrogen-bond acceptors (Lipinski definition) is 6. The maximum atomic E-state index is 12.8. The van der Waals surface area contributed by atoms with Crippen LogP contribution < -0.4 is 5.32 Å². The fourth-order valence-corrected chi connectivity index (χ4v) is 5.04. The molecule has 0 bridgehead atoms. The number of hydrogen-bond donors (Lipinski definition) is 1. The van der Waals surface area contributed by atoms with Crippen LogP contribution in [-0.2, 0) is 27.1 Å². The molecule has 158 valence electrons. The summed E-state index contributed by atoms with van der Waals surface area (Å²) in [6, 6.07) is 8.68. The third kappa shape index (κ3) is 4.39. The van der Waals surface area contributed by atoms with E-state index >= 15 is 0 Å². The van der Waals surface area contributed by atoms with E-state index in [1.54, 1.807) is 35.6 Å². The first-order valence-corrected chi connectivity index (χ1v) is 10.8. The first kappa shape index (κ1) is 20.6. The lowest BCUT2D eigenvalue weighted by Gasteiger charge is -2.26. The Morgan fingerprint density at radius 1 is 1.20 bits per heavy atom. The molecule has 1 aliphatic heterocycles. The van der Waals surface area contributed by atoms with Gasteiger partial charge in [-0.1, -0.05) is 6.07 Å². The standard InChI is InChI=1S/C22H24N2O5S/c1-28-22(27)15-3-2-4-17(12-15)23-20(25)14-5-6-18-16(11-14)13-19(30-18)21(26)24-7-9-29-10-8-24/h2-4,12-14H,5-11H2,1H3,(H,23,25)/t14-/m0/s1. The first-order chi connectivity index (χ1) is 14.5. The fraction of sp³-hybridized carbons (Fsp3) is 0.409. The summed E-state index contributed by atoms with van der Waals surface area (Å²) in [6.07, 6.45) is 2.14. The number of carbonyl (C=O) groups excluding carboxylic acids is 3. The first-order valence-electron chi connectivity index (χ1n) is 10.0. The topological polar surface area (TPSA) is 84.9 Å². The van der Waals surface area contributed by atoms with Gasteiger partial charge in [-0.25, -0.2) is 4.79 Å². The van der Waals surface area contributed by atoms with Gasteiger partial charge < -0.3 is 19.7 Å². The molecular weight excluding hydrogens is 404 g/mol. The predicted molar refractivity (Wildman–Crippen MR) is 113 cm³/mol. The Hall–Kier alpha value is -2.71. The molecule has 2 aromatic rings. The number of anilines is 1. The zero-order valence-corrected chi connectivity index (χ0v) is 17.6. The van der Waals surface area contributed by atoms with Crippen LogP contribution in [-0.4, -0.2) is 56.1 Å². The molecule has 2 amide bonds. The number of methoxy groups -OCH3 is 1. The molecule has 1 aromatic heterocycles. The SMILES string of the molecule is COC(=O)c1cccc(NC(=O)[C@H]2CCc3sc(C(=O)N4CCOCC4)cc3C2)c1. The number of nitrogens with zero attached hydrogens (tertiary/aromatic N) is 1. The molecule has 1 aromatic carbocycles. The number of amides is 2. The average molecular weight is 429 g/mol. The molecule has 2 aliphatic rings. The molecule has 7 nitrogen and oxygen atoms in total. The van der Waals surface area contributed by atoms with Crippen LogP contribution in [0.3, 0.4) is 0 Å². The van der Waals surface area contributed by atoms with Crippen molar-refractivity contribution in [3.05, 3.63) is 51.2 Å². The van der Waals surface area contributed by atoms with Crippen LogP contribution in [0, 0.1) is 5.92 Å². The minimum atomic E-state index is -0.441. The van der Waals surface area contributed by atoms with Gasteiger partial charge in [0.15, 0.2) is 0 Å². The van der Waals surface area contributed by atoms with Crippen LogP contribution in [0.25, 0.3) is 0 Å². The van der Waals surface area contributed by atoms with Crippen LogP contribution in [0.4, 0.5) is 5.69 Å². The molecule has 1 N–H and O–H groups in total. The van der Waals surface area contributed by atoms with Crippen molar-refractivity contribution in [2.24, 2.45) is 5.92 Å². The van der Waals surface area contributed by atoms with Gasteiger partial charge in [0.1, 0.15) is 0 Å². The summed E-state index contributed by atoms with van der Waals surface area (Å²) in [6.45, 7) is 2.40. The molecule has 1 aliphatic carbocycles. The maximum absolute atomic E-state index is 12.8. The van der Waals surface area contributed by atoms with Gasteiger partial charge in [-0.15, -0.1) is 11.3 Å². The van der Waals surface area contributed by atoms with Gasteiger partial charge in [0, 0.05) is 29.6 Å². The molecule has 0 radical (unpaired) electrons. The van der Waals surface area contributed by atoms with Gasteiger partial charge >= 0.3 is 5.97 Å². The molecule has 1 saturated heterocycles. The van der Waals surface area contributed by atoms with Crippen molar-refractivity contribution in [3.8, 4) is 0 Å². The zero-order valence-electron chi connectivity index (χ0n) is 16.8. The minimum Gasteiger partial charge on any atom is -0.465 e. The van der Waals surface area contributed by atoms with E-state index in [-0.39, 0.29) is 17.7 Å². The third-order valence-corrected chi connectivity index (χ3v) is 6.74. The fourth-order valence-electron chi connectivity index (χ4n) is 3.86. The summed E-state index contributed by atoms with van der Waals surface area (Å²) in [5, 5.41) is 2.91. The summed E-state index contributed by atoms with van der Waals surface area (Å²) in [7, 11) is 1.33. The second-order valence-corrected chi connectivity index (χ2v) is 8.60. The number of nitrogens with one attached hydrogen (secondary N) is 1. The molecule has 4 rings (SSSR count). The van der Waals surface area contributed by atoms with Crippen molar-refractivity contribution in [1.82, 2.24) is 4.90 Å². The number of benzene rings is 1. The highest BCUT2D eigenvalue weighted by molar-refractivity contribution is 7.14. The van der Waals surface area contributed by atoms with Crippen molar-refractivity contribution in [2.45, 2.75) is 19.3 Å². The Kier molecular flexibility index (Phi) is 6.15. The largest absolute Gasteiger partial charge is 0.465 e. The summed E-state index contributed by atoms with van der Waals surface area (Å²) in [4.78, 5) is 41.0. The molecule has 30 heavy (non-hydrogen) atoms. The van der Waals surface area contributed by atoms with Crippen LogP contribution in [0.15, 0.2) is 30.3 Å². The number of esters is 1. The summed E-state index contributed by atoms with van der Waals surface area (Å²) < 4.78 is 10.1. The van der Waals surface area contributed by atoms with Gasteiger partial charge in [0.05, 0.1) is 30.8 Å². The van der Waals surface area contributed by atoms with E-state index in [2.05, 4.69) is 5.32 Å². The Morgan fingerprint density at radius 2 is 2.00 bits per heavy atom. The monoisotopic (exact) mass is 428 g/mol. The van der Waals surface area contributed by atoms with Crippen LogP contribution in [0.5, 0.6) is 0 Å². The number of ether oxygens (including phenoxy) is 2. The quantitative estimate of drug-likeness (QED) is 0.757. The Balaban J connectivity index is 1.41. The molecule has 2 heterocycles. The van der Waals surface area contributed by atoms with E-state index in [0.717, 1.165) is 23.3 Å². The number of carbonyl (C=O) groups is 3. The summed E-state index contributed by atoms with van der Waals surface area (Å²) >= 11 is 1.55. The van der Waals surface area contributed by atoms with E-state index in [4.69, 9.17) is 9.47 Å². The van der Waals surface area contributed by atoms with Crippen LogP contribution in [0.1, 0.15) is 36.9 Å². The number of morpholine rings is 1. The van der Waals surface area contributed by atoms with E-state index in [1.807, 2.05) is 11.0 Å². The zero-order chi connectivity index (χ0) is 21.1. The van der Waals surface area contributed by atoms with E-state index < -0.39 is 5.97 Å². The Bertz CT molecular complexity index is 964. The Labute approximate surface area is 179 Å². The second-order valence-electron chi connectivity index (χ2n) is 7.46. The van der Waals surface area contributed by atoms with Gasteiger partial charge in [0.25, 0.3) is 5.91 Å². The average Bonchev–Trinajstić information content (AvgIpc) is 3.22. The maximum Gasteiger partial charge on any atom is 0.337 e. The van der Waals surface area contributed by atoms with E-state index in [1.165, 1.54) is 12.0 Å². The van der Waals surface area contributed by atoms with E-state index in [9.17, 15) is 14.4 Å². The van der Waals surface area contributed by atoms with Crippen molar-refractivity contribution in [2.75, 3.05) is 38.7 Å². The van der Waals surface area contributed by atoms with Gasteiger partial charge in [-0.05, 0) is 49.1 Å². The van der Waals surface area contributed by atoms with Crippen LogP contribution >= 0.6 is 11.3 Å². The molecule has 1 fully saturated rings. The molecule has 0 saturated carbocycles. The van der Waals surface area contributed by atoms with Gasteiger partial charge in [-0.2, -0.15) is 0 Å². The number of thiophene rings is 1. The summed E-state index contributed by atoms with van der Waals surface area (Å²) in [5.74, 6) is -0.627. The second kappa shape index (κ2) is 8.97. The van der Waals surface area contributed by atoms with Crippen molar-refractivity contribution in [1.29, 1.82) is 0 Å². The third-order valence-electron chi connectivity index (χ3n) is 5.51. The lowest BCUT2D eigenvalue weighted by molar-refractivity contribution is -0.120. The molecule has 1 atom stereocenters. The highest BCUT2D eigenvalue weighted by Crippen LogP contribution is 2.33. The predicted octanol–water partition coefficient (Wildman–Crippen LogP) is 2.75. The lowest BCUT2D eigenvalue weighted by atomic mass is 9.87. The number of rotatable bonds is 4. The molecular formula is C22H24N2O5S. The van der Waals surface area contributed by atoms with Crippen molar-refractivity contribution in [3.63, 3.8) is 0 Å². The van der Waals surface area contributed by atoms with E-state index in [0.29, 0.717) is 44.0 Å². The number of aryl methyl sites for hydroxylation is 1. The van der Waals surface area contributed by atoms with Gasteiger partial charge in [0.2, 0.25) is 5.91 Å². The highest BCUT2D eigenvalue weighted by Gasteiger charge is 2.29. The summed E-state index contributed by atoms with van der Waals surface area (Å²) in [5.41, 5.74) is 2.05. The minimum absolute atomic E-state index is 0.0540. The lowest BCUT2D eigenvalue weighted by Crippen LogP contribution is -2.40. The van der Waals surface area contributed by atoms with Crippen molar-refractivity contribution >= 4 is 34.8 Å². The molecule has 0 unspecified atom stereocenters. The Morgan fingerprint density at radius 3 is 2.77 bits per heavy atom. The number of fused-ring (bicyclic) bond motifs is 1. The normalized spacial score (nSPS) is 18.4. The smallest absolute Gasteiger partial charge is 0.337 e. The molecule has 0 spiro atoms. The van der Waals surface area contributed by atoms with Crippen molar-refractivity contribution < 1.29 is 23.9 Å². The molecule has 8 heteroatoms. The van der Waals surface area contributed by atoms with Crippen LogP contribution in [0.2, 0.25) is 0 Å².